The van der Waals surface area contributed by atoms with Crippen molar-refractivity contribution >= 4 is 29.1 Å². The van der Waals surface area contributed by atoms with Crippen molar-refractivity contribution in [1.82, 2.24) is 4.57 Å². The van der Waals surface area contributed by atoms with Gasteiger partial charge in [0.1, 0.15) is 0 Å². The van der Waals surface area contributed by atoms with Gasteiger partial charge in [-0.1, -0.05) is 29.5 Å². The van der Waals surface area contributed by atoms with E-state index >= 15 is 0 Å². The summed E-state index contributed by atoms with van der Waals surface area (Å²) in [5, 5.41) is 0. The molecule has 0 amide bonds. The minimum Gasteiger partial charge on any atom is -0.493 e. The first-order chi connectivity index (χ1) is 16.8. The number of fused-ring (bicyclic) bond motifs is 1. The number of hydrogen-bond donors (Lipinski definition) is 0. The van der Waals surface area contributed by atoms with Crippen LogP contribution in [0.15, 0.2) is 63.5 Å². The SMILES string of the molecule is COC(=O)C1=C(C)N=c2sc(=Cc3ccc(N(C)C)cc3)c(=O)n2C1c1ccc(OC)c(OC)c1. The Morgan fingerprint density at radius 3 is 2.34 bits per heavy atom. The number of allylic oxidation sites excluding steroid dienone is 1. The number of methoxy groups -OCH3 is 3. The number of rotatable bonds is 6. The molecule has 1 aliphatic heterocycles. The van der Waals surface area contributed by atoms with Gasteiger partial charge in [-0.15, -0.1) is 0 Å². The summed E-state index contributed by atoms with van der Waals surface area (Å²) in [6.07, 6.45) is 1.84. The van der Waals surface area contributed by atoms with Gasteiger partial charge in [0.15, 0.2) is 16.3 Å². The van der Waals surface area contributed by atoms with Crippen molar-refractivity contribution < 1.29 is 19.0 Å². The highest BCUT2D eigenvalue weighted by molar-refractivity contribution is 7.07. The third kappa shape index (κ3) is 4.46. The molecule has 2 heterocycles. The first kappa shape index (κ1) is 24.3. The van der Waals surface area contributed by atoms with E-state index in [1.807, 2.05) is 55.4 Å². The van der Waals surface area contributed by atoms with Crippen LogP contribution in [-0.4, -0.2) is 46.0 Å². The van der Waals surface area contributed by atoms with E-state index in [1.165, 1.54) is 25.6 Å². The highest BCUT2D eigenvalue weighted by atomic mass is 32.1. The van der Waals surface area contributed by atoms with Crippen LogP contribution in [0.5, 0.6) is 11.5 Å². The second-order valence-corrected chi connectivity index (χ2v) is 9.18. The molecule has 1 aliphatic rings. The van der Waals surface area contributed by atoms with Crippen molar-refractivity contribution in [1.29, 1.82) is 0 Å². The van der Waals surface area contributed by atoms with Crippen LogP contribution in [-0.2, 0) is 9.53 Å². The summed E-state index contributed by atoms with van der Waals surface area (Å²) in [6.45, 7) is 1.75. The average Bonchev–Trinajstić information content (AvgIpc) is 3.16. The Labute approximate surface area is 207 Å². The van der Waals surface area contributed by atoms with Gasteiger partial charge in [-0.2, -0.15) is 0 Å². The van der Waals surface area contributed by atoms with Crippen molar-refractivity contribution in [3.05, 3.63) is 84.5 Å². The summed E-state index contributed by atoms with van der Waals surface area (Å²) >= 11 is 1.28. The average molecular weight is 494 g/mol. The molecule has 182 valence electrons. The molecule has 0 fully saturated rings. The number of hydrogen-bond acceptors (Lipinski definition) is 8. The highest BCUT2D eigenvalue weighted by Gasteiger charge is 2.33. The maximum absolute atomic E-state index is 13.7. The number of ether oxygens (including phenoxy) is 3. The summed E-state index contributed by atoms with van der Waals surface area (Å²) in [6, 6.07) is 12.5. The Hall–Kier alpha value is -3.85. The quantitative estimate of drug-likeness (QED) is 0.491. The summed E-state index contributed by atoms with van der Waals surface area (Å²) in [7, 11) is 8.36. The predicted octanol–water partition coefficient (Wildman–Crippen LogP) is 2.49. The number of thiazole rings is 1. The van der Waals surface area contributed by atoms with Crippen LogP contribution in [0, 0.1) is 0 Å². The number of carbonyl (C=O) groups is 1. The molecule has 0 bridgehead atoms. The second kappa shape index (κ2) is 9.79. The lowest BCUT2D eigenvalue weighted by molar-refractivity contribution is -0.136. The van der Waals surface area contributed by atoms with Crippen molar-refractivity contribution in [2.24, 2.45) is 4.99 Å². The Bertz CT molecular complexity index is 1480. The molecule has 0 saturated heterocycles. The number of anilines is 1. The standard InChI is InChI=1S/C26H27N3O5S/c1-15-22(25(31)34-6)23(17-9-12-19(32-4)20(14-17)33-5)29-24(30)21(35-26(29)27-15)13-16-7-10-18(11-8-16)28(2)3/h7-14,23H,1-6H3. The molecule has 0 saturated carbocycles. The Morgan fingerprint density at radius 2 is 1.74 bits per heavy atom. The van der Waals surface area contributed by atoms with E-state index in [-0.39, 0.29) is 5.56 Å². The Morgan fingerprint density at radius 1 is 1.06 bits per heavy atom. The van der Waals surface area contributed by atoms with Crippen LogP contribution >= 0.6 is 11.3 Å². The number of carbonyl (C=O) groups excluding carboxylic acids is 1. The fourth-order valence-corrected chi connectivity index (χ4v) is 5.10. The number of nitrogens with zero attached hydrogens (tertiary/aromatic N) is 3. The number of aromatic nitrogens is 1. The van der Waals surface area contributed by atoms with Crippen LogP contribution in [0.4, 0.5) is 5.69 Å². The van der Waals surface area contributed by atoms with Crippen LogP contribution in [0.25, 0.3) is 6.08 Å². The molecule has 8 nitrogen and oxygen atoms in total. The van der Waals surface area contributed by atoms with Gasteiger partial charge in [-0.25, -0.2) is 9.79 Å². The van der Waals surface area contributed by atoms with Crippen molar-refractivity contribution in [2.75, 3.05) is 40.3 Å². The minimum atomic E-state index is -0.725. The normalized spacial score (nSPS) is 15.4. The topological polar surface area (TPSA) is 82.4 Å². The summed E-state index contributed by atoms with van der Waals surface area (Å²) in [5.74, 6) is 0.497. The summed E-state index contributed by atoms with van der Waals surface area (Å²) < 4.78 is 18.0. The van der Waals surface area contributed by atoms with Crippen LogP contribution in [0.1, 0.15) is 24.1 Å². The zero-order valence-electron chi connectivity index (χ0n) is 20.5. The molecule has 1 unspecified atom stereocenters. The second-order valence-electron chi connectivity index (χ2n) is 8.17. The monoisotopic (exact) mass is 493 g/mol. The molecule has 1 atom stereocenters. The van der Waals surface area contributed by atoms with E-state index in [0.29, 0.717) is 37.7 Å². The van der Waals surface area contributed by atoms with Gasteiger partial charge in [0.2, 0.25) is 0 Å². The Kier molecular flexibility index (Phi) is 6.79. The largest absolute Gasteiger partial charge is 0.493 e. The molecule has 2 aromatic carbocycles. The minimum absolute atomic E-state index is 0.237. The van der Waals surface area contributed by atoms with Crippen LogP contribution in [0.2, 0.25) is 0 Å². The first-order valence-corrected chi connectivity index (χ1v) is 11.7. The van der Waals surface area contributed by atoms with E-state index < -0.39 is 12.0 Å². The molecule has 0 radical (unpaired) electrons. The predicted molar refractivity (Wildman–Crippen MR) is 136 cm³/mol. The molecular formula is C26H27N3O5S. The van der Waals surface area contributed by atoms with Gasteiger partial charge < -0.3 is 19.1 Å². The first-order valence-electron chi connectivity index (χ1n) is 10.9. The number of benzene rings is 2. The van der Waals surface area contributed by atoms with Gasteiger partial charge >= 0.3 is 5.97 Å². The molecule has 0 aliphatic carbocycles. The van der Waals surface area contributed by atoms with Crippen molar-refractivity contribution in [3.63, 3.8) is 0 Å². The maximum Gasteiger partial charge on any atom is 0.338 e. The van der Waals surface area contributed by atoms with Gasteiger partial charge in [0, 0.05) is 19.8 Å². The van der Waals surface area contributed by atoms with Gasteiger partial charge in [-0.3, -0.25) is 9.36 Å². The third-order valence-corrected chi connectivity index (χ3v) is 6.84. The van der Waals surface area contributed by atoms with E-state index in [4.69, 9.17) is 14.2 Å². The molecule has 3 aromatic rings. The van der Waals surface area contributed by atoms with E-state index in [9.17, 15) is 9.59 Å². The summed E-state index contributed by atoms with van der Waals surface area (Å²) in [4.78, 5) is 33.6. The fourth-order valence-electron chi connectivity index (χ4n) is 4.05. The van der Waals surface area contributed by atoms with Crippen LogP contribution in [0.3, 0.4) is 0 Å². The molecule has 0 spiro atoms. The van der Waals surface area contributed by atoms with Crippen molar-refractivity contribution in [3.8, 4) is 11.5 Å². The smallest absolute Gasteiger partial charge is 0.338 e. The molecule has 35 heavy (non-hydrogen) atoms. The number of esters is 1. The summed E-state index contributed by atoms with van der Waals surface area (Å²) in [5.41, 5.74) is 3.20. The fraction of sp³-hybridized carbons (Fsp3) is 0.269. The molecule has 9 heteroatoms. The van der Waals surface area contributed by atoms with Crippen molar-refractivity contribution in [2.45, 2.75) is 13.0 Å². The Balaban J connectivity index is 1.93. The van der Waals surface area contributed by atoms with Gasteiger partial charge in [0.25, 0.3) is 5.56 Å². The van der Waals surface area contributed by atoms with Gasteiger partial charge in [-0.05, 0) is 48.4 Å². The highest BCUT2D eigenvalue weighted by Crippen LogP contribution is 2.35. The van der Waals surface area contributed by atoms with Gasteiger partial charge in [0.05, 0.1) is 43.2 Å². The van der Waals surface area contributed by atoms with Crippen LogP contribution < -0.4 is 29.3 Å². The molecule has 4 rings (SSSR count). The lowest BCUT2D eigenvalue weighted by atomic mass is 9.95. The van der Waals surface area contributed by atoms with E-state index in [2.05, 4.69) is 4.99 Å². The molecular weight excluding hydrogens is 466 g/mol. The molecule has 1 aromatic heterocycles. The maximum atomic E-state index is 13.7. The third-order valence-electron chi connectivity index (χ3n) is 5.86. The van der Waals surface area contributed by atoms with E-state index in [0.717, 1.165) is 11.3 Å². The zero-order valence-corrected chi connectivity index (χ0v) is 21.3. The molecule has 0 N–H and O–H groups in total. The lowest BCUT2D eigenvalue weighted by Crippen LogP contribution is -2.39. The lowest BCUT2D eigenvalue weighted by Gasteiger charge is -2.25. The van der Waals surface area contributed by atoms with E-state index in [1.54, 1.807) is 30.7 Å². The zero-order chi connectivity index (χ0) is 25.3.